The van der Waals surface area contributed by atoms with Crippen molar-refractivity contribution < 1.29 is 45.7 Å². The molecule has 0 spiro atoms. The van der Waals surface area contributed by atoms with Gasteiger partial charge in [0.25, 0.3) is 0 Å². The summed E-state index contributed by atoms with van der Waals surface area (Å²) in [4.78, 5) is 0. The number of allylic oxidation sites excluding steroid dienone is 8. The van der Waals surface area contributed by atoms with E-state index in [-0.39, 0.29) is 24.8 Å². The molecule has 0 aromatic heterocycles. The van der Waals surface area contributed by atoms with Crippen LogP contribution < -0.4 is 24.8 Å². The van der Waals surface area contributed by atoms with Crippen molar-refractivity contribution in [2.75, 3.05) is 0 Å². The molecule has 22 heavy (non-hydrogen) atoms. The third kappa shape index (κ3) is 3.66. The summed E-state index contributed by atoms with van der Waals surface area (Å²) >= 11 is -1.70. The van der Waals surface area contributed by atoms with Gasteiger partial charge in [0.05, 0.1) is 0 Å². The molecule has 2 aliphatic rings. The Morgan fingerprint density at radius 3 is 1.45 bits per heavy atom. The zero-order chi connectivity index (χ0) is 15.0. The maximum absolute atomic E-state index is 2.56. The second-order valence-corrected chi connectivity index (χ2v) is 26.4. The van der Waals surface area contributed by atoms with Gasteiger partial charge in [0.15, 0.2) is 0 Å². The smallest absolute Gasteiger partial charge is 1.00 e. The molecule has 0 amide bonds. The van der Waals surface area contributed by atoms with Crippen LogP contribution in [0.25, 0.3) is 0 Å². The molecule has 2 aliphatic carbocycles. The summed E-state index contributed by atoms with van der Waals surface area (Å²) in [5, 5.41) is 0. The third-order valence-corrected chi connectivity index (χ3v) is 35.9. The van der Waals surface area contributed by atoms with Crippen molar-refractivity contribution in [2.45, 2.75) is 59.9 Å². The minimum Gasteiger partial charge on any atom is -1.00 e. The number of hydrogen-bond acceptors (Lipinski definition) is 0. The van der Waals surface area contributed by atoms with Gasteiger partial charge in [-0.05, 0) is 0 Å². The van der Waals surface area contributed by atoms with Crippen molar-refractivity contribution in [1.82, 2.24) is 0 Å². The Labute approximate surface area is 158 Å². The van der Waals surface area contributed by atoms with Crippen LogP contribution in [0.2, 0.25) is 18.3 Å². The van der Waals surface area contributed by atoms with Gasteiger partial charge in [-0.15, -0.1) is 0 Å². The van der Waals surface area contributed by atoms with Crippen LogP contribution in [0.4, 0.5) is 0 Å². The molecule has 0 saturated heterocycles. The predicted octanol–water partition coefficient (Wildman–Crippen LogP) is -0.234. The third-order valence-electron chi connectivity index (χ3n) is 5.70. The van der Waals surface area contributed by atoms with Crippen LogP contribution in [0.1, 0.15) is 41.5 Å². The summed E-state index contributed by atoms with van der Waals surface area (Å²) in [7, 11) is 0. The Hall–Kier alpha value is 0.640. The Morgan fingerprint density at radius 1 is 0.864 bits per heavy atom. The van der Waals surface area contributed by atoms with Crippen LogP contribution >= 0.6 is 0 Å². The quantitative estimate of drug-likeness (QED) is 0.524. The first-order chi connectivity index (χ1) is 9.40. The van der Waals surface area contributed by atoms with Crippen molar-refractivity contribution in [3.8, 4) is 0 Å². The van der Waals surface area contributed by atoms with Crippen LogP contribution in [0.3, 0.4) is 0 Å². The minimum atomic E-state index is -1.70. The molecule has 0 aromatic carbocycles. The first-order valence-corrected chi connectivity index (χ1v) is 16.9. The summed E-state index contributed by atoms with van der Waals surface area (Å²) in [5.41, 5.74) is 3.28. The largest absolute Gasteiger partial charge is 1.00 e. The molecule has 0 aromatic rings. The molecule has 0 N–H and O–H groups in total. The second-order valence-electron chi connectivity index (χ2n) is 6.75. The zero-order valence-electron chi connectivity index (χ0n) is 14.7. The molecule has 0 heterocycles. The summed E-state index contributed by atoms with van der Waals surface area (Å²) in [6, 6.07) is 2.97. The molecule has 4 heteroatoms. The van der Waals surface area contributed by atoms with E-state index in [1.165, 1.54) is 12.1 Å². The van der Waals surface area contributed by atoms with Gasteiger partial charge in [-0.3, -0.25) is 0 Å². The van der Waals surface area contributed by atoms with Crippen molar-refractivity contribution in [3.63, 3.8) is 0 Å². The van der Waals surface area contributed by atoms with E-state index in [1.807, 2.05) is 0 Å². The number of hydrogen-bond donors (Lipinski definition) is 0. The first-order valence-electron chi connectivity index (χ1n) is 8.01. The van der Waals surface area contributed by atoms with Crippen LogP contribution in [-0.2, 0) is 20.9 Å². The molecule has 2 unspecified atom stereocenters. The van der Waals surface area contributed by atoms with E-state index in [1.54, 1.807) is 11.1 Å². The minimum absolute atomic E-state index is 0. The molecule has 0 bridgehead atoms. The van der Waals surface area contributed by atoms with Crippen LogP contribution in [-0.4, -0.2) is 5.92 Å². The second kappa shape index (κ2) is 8.65. The number of rotatable bonds is 5. The molecule has 123 valence electrons. The fourth-order valence-corrected chi connectivity index (χ4v) is 36.0. The van der Waals surface area contributed by atoms with E-state index in [2.05, 4.69) is 78.0 Å². The Morgan fingerprint density at radius 2 is 1.23 bits per heavy atom. The van der Waals surface area contributed by atoms with E-state index in [9.17, 15) is 0 Å². The summed E-state index contributed by atoms with van der Waals surface area (Å²) < 4.78 is 0.896. The van der Waals surface area contributed by atoms with Crippen molar-refractivity contribution in [1.29, 1.82) is 0 Å². The van der Waals surface area contributed by atoms with Gasteiger partial charge in [-0.25, -0.2) is 0 Å². The van der Waals surface area contributed by atoms with E-state index in [0.29, 0.717) is 6.25 Å². The van der Waals surface area contributed by atoms with Crippen molar-refractivity contribution in [3.05, 3.63) is 47.6 Å². The topological polar surface area (TPSA) is 0 Å². The first kappa shape index (κ1) is 22.6. The maximum atomic E-state index is 2.56. The SMILES string of the molecule is CC[SiH](CC)[Zr+2]([C]1(C)C=CC=C1C)[C]1(C)C=CC=C1C.[Cl-].[Cl-]. The average Bonchev–Trinajstić information content (AvgIpc) is 2.92. The van der Waals surface area contributed by atoms with E-state index >= 15 is 0 Å². The molecular formula is C18H29Cl2SiZr. The van der Waals surface area contributed by atoms with Gasteiger partial charge in [0, 0.05) is 0 Å². The number of halogens is 2. The Kier molecular flexibility index (Phi) is 8.90. The molecule has 0 radical (unpaired) electrons. The molecule has 2 atom stereocenters. The van der Waals surface area contributed by atoms with Gasteiger partial charge in [-0.2, -0.15) is 0 Å². The molecule has 0 aliphatic heterocycles. The fraction of sp³-hybridized carbons (Fsp3) is 0.556. The van der Waals surface area contributed by atoms with Gasteiger partial charge in [-0.1, -0.05) is 0 Å². The van der Waals surface area contributed by atoms with Crippen LogP contribution in [0.5, 0.6) is 0 Å². The zero-order valence-corrected chi connectivity index (χ0v) is 19.8. The molecule has 0 fully saturated rings. The van der Waals surface area contributed by atoms with Crippen molar-refractivity contribution in [2.24, 2.45) is 0 Å². The van der Waals surface area contributed by atoms with E-state index in [4.69, 9.17) is 0 Å². The van der Waals surface area contributed by atoms with Crippen LogP contribution in [0.15, 0.2) is 47.6 Å². The molecule has 2 rings (SSSR count). The Bertz CT molecular complexity index is 465. The van der Waals surface area contributed by atoms with Gasteiger partial charge in [0.2, 0.25) is 0 Å². The fourth-order valence-electron chi connectivity index (χ4n) is 4.07. The van der Waals surface area contributed by atoms with E-state index in [0.717, 1.165) is 0 Å². The van der Waals surface area contributed by atoms with Crippen LogP contribution in [0, 0.1) is 0 Å². The maximum Gasteiger partial charge on any atom is -1.00 e. The normalized spacial score (nSPS) is 29.0. The summed E-state index contributed by atoms with van der Waals surface area (Å²) in [5.74, 6) is -0.612. The van der Waals surface area contributed by atoms with Crippen molar-refractivity contribution >= 4 is 5.92 Å². The summed E-state index contributed by atoms with van der Waals surface area (Å²) in [6.07, 6.45) is 14.5. The van der Waals surface area contributed by atoms with Gasteiger partial charge in [0.1, 0.15) is 0 Å². The molecule has 0 saturated carbocycles. The standard InChI is InChI=1S/2C7H9.C4H11Si.2ClH.Zr/c2*1-6-4-3-5-7(6)2;1-3-5-4-2;;;/h2*3-5H,1-2H3;5H,3-4H2,1-2H3;2*1H;/q;;;;;+2/p-2. The molecular weight excluding hydrogens is 406 g/mol. The molecule has 0 nitrogen and oxygen atoms in total. The Balaban J connectivity index is 0.00000220. The van der Waals surface area contributed by atoms with Gasteiger partial charge >= 0.3 is 134 Å². The average molecular weight is 436 g/mol. The summed E-state index contributed by atoms with van der Waals surface area (Å²) in [6.45, 7) is 14.8. The van der Waals surface area contributed by atoms with E-state index < -0.39 is 26.8 Å². The van der Waals surface area contributed by atoms with Gasteiger partial charge < -0.3 is 24.8 Å². The predicted molar refractivity (Wildman–Crippen MR) is 90.6 cm³/mol. The monoisotopic (exact) mass is 433 g/mol.